The number of fused-ring (bicyclic) bond motifs is 1. The molecule has 0 fully saturated rings. The molecular weight excluding hydrogens is 277 g/mol. The first kappa shape index (κ1) is 13.2. The zero-order valence-electron chi connectivity index (χ0n) is 10.7. The maximum atomic E-state index is 13.1. The summed E-state index contributed by atoms with van der Waals surface area (Å²) in [5, 5.41) is 4.66. The molecule has 4 heteroatoms. The van der Waals surface area contributed by atoms with Crippen molar-refractivity contribution in [1.82, 2.24) is 5.32 Å². The normalized spacial score (nSPS) is 11.1. The van der Waals surface area contributed by atoms with Gasteiger partial charge in [-0.1, -0.05) is 30.3 Å². The number of halogens is 2. The predicted octanol–water partition coefficient (Wildman–Crippen LogP) is 4.52. The average Bonchev–Trinajstić information content (AvgIpc) is 2.75. The van der Waals surface area contributed by atoms with Crippen LogP contribution in [0.25, 0.3) is 11.0 Å². The van der Waals surface area contributed by atoms with Crippen molar-refractivity contribution < 1.29 is 8.81 Å². The number of benzene rings is 2. The van der Waals surface area contributed by atoms with Crippen LogP contribution in [0.5, 0.6) is 0 Å². The molecule has 3 rings (SSSR count). The van der Waals surface area contributed by atoms with Crippen LogP contribution in [0.15, 0.2) is 52.9 Å². The Balaban J connectivity index is 1.73. The summed E-state index contributed by atoms with van der Waals surface area (Å²) in [6, 6.07) is 14.3. The van der Waals surface area contributed by atoms with E-state index in [2.05, 4.69) is 5.32 Å². The second kappa shape index (κ2) is 5.65. The van der Waals surface area contributed by atoms with Crippen LogP contribution in [0.3, 0.4) is 0 Å². The van der Waals surface area contributed by atoms with Crippen LogP contribution in [0.2, 0.25) is 5.22 Å². The van der Waals surface area contributed by atoms with Gasteiger partial charge in [-0.3, -0.25) is 0 Å². The minimum atomic E-state index is -0.226. The third-order valence-corrected chi connectivity index (χ3v) is 3.47. The fraction of sp³-hybridized carbons (Fsp3) is 0.125. The Morgan fingerprint density at radius 3 is 2.75 bits per heavy atom. The van der Waals surface area contributed by atoms with E-state index in [4.69, 9.17) is 16.0 Å². The van der Waals surface area contributed by atoms with Crippen molar-refractivity contribution in [3.63, 3.8) is 0 Å². The summed E-state index contributed by atoms with van der Waals surface area (Å²) in [4.78, 5) is 0. The van der Waals surface area contributed by atoms with E-state index in [0.29, 0.717) is 18.3 Å². The Hall–Kier alpha value is -1.84. The monoisotopic (exact) mass is 289 g/mol. The number of furan rings is 1. The second-order valence-electron chi connectivity index (χ2n) is 4.58. The predicted molar refractivity (Wildman–Crippen MR) is 78.2 cm³/mol. The lowest BCUT2D eigenvalue weighted by molar-refractivity contribution is 0.601. The molecule has 0 saturated carbocycles. The fourth-order valence-corrected chi connectivity index (χ4v) is 2.46. The van der Waals surface area contributed by atoms with Crippen LogP contribution in [0.4, 0.5) is 4.39 Å². The summed E-state index contributed by atoms with van der Waals surface area (Å²) >= 11 is 6.11. The number of rotatable bonds is 4. The van der Waals surface area contributed by atoms with Crippen molar-refractivity contribution in [3.05, 3.63) is 70.7 Å². The highest BCUT2D eigenvalue weighted by molar-refractivity contribution is 6.30. The molecule has 0 radical (unpaired) electrons. The van der Waals surface area contributed by atoms with Gasteiger partial charge in [-0.2, -0.15) is 0 Å². The highest BCUT2D eigenvalue weighted by Gasteiger charge is 2.11. The zero-order valence-corrected chi connectivity index (χ0v) is 11.5. The summed E-state index contributed by atoms with van der Waals surface area (Å²) in [6.07, 6.45) is 0. The SMILES string of the molecule is Fc1cccc(CNCc2c(Cl)oc3ccccc23)c1. The molecule has 0 aliphatic heterocycles. The Morgan fingerprint density at radius 1 is 1.05 bits per heavy atom. The maximum Gasteiger partial charge on any atom is 0.199 e. The first-order valence-corrected chi connectivity index (χ1v) is 6.73. The summed E-state index contributed by atoms with van der Waals surface area (Å²) in [7, 11) is 0. The molecule has 1 N–H and O–H groups in total. The minimum absolute atomic E-state index is 0.226. The molecule has 0 aliphatic carbocycles. The largest absolute Gasteiger partial charge is 0.444 e. The molecular formula is C16H13ClFNO. The van der Waals surface area contributed by atoms with Crippen LogP contribution in [-0.2, 0) is 13.1 Å². The third-order valence-electron chi connectivity index (χ3n) is 3.17. The molecule has 3 aromatic rings. The lowest BCUT2D eigenvalue weighted by Gasteiger charge is -2.04. The van der Waals surface area contributed by atoms with Gasteiger partial charge >= 0.3 is 0 Å². The van der Waals surface area contributed by atoms with E-state index in [1.165, 1.54) is 12.1 Å². The van der Waals surface area contributed by atoms with Crippen molar-refractivity contribution in [3.8, 4) is 0 Å². The topological polar surface area (TPSA) is 25.2 Å². The van der Waals surface area contributed by atoms with Crippen molar-refractivity contribution in [2.45, 2.75) is 13.1 Å². The summed E-state index contributed by atoms with van der Waals surface area (Å²) in [5.41, 5.74) is 2.60. The zero-order chi connectivity index (χ0) is 13.9. The van der Waals surface area contributed by atoms with Gasteiger partial charge in [0.05, 0.1) is 0 Å². The number of hydrogen-bond acceptors (Lipinski definition) is 2. The Bertz CT molecular complexity index is 738. The molecule has 1 heterocycles. The first-order valence-electron chi connectivity index (χ1n) is 6.35. The molecule has 0 unspecified atom stereocenters. The number of hydrogen-bond donors (Lipinski definition) is 1. The Morgan fingerprint density at radius 2 is 1.90 bits per heavy atom. The van der Waals surface area contributed by atoms with E-state index in [-0.39, 0.29) is 5.82 Å². The van der Waals surface area contributed by atoms with Gasteiger partial charge in [-0.05, 0) is 35.4 Å². The van der Waals surface area contributed by atoms with E-state index in [9.17, 15) is 4.39 Å². The summed E-state index contributed by atoms with van der Waals surface area (Å²) < 4.78 is 18.6. The van der Waals surface area contributed by atoms with Crippen LogP contribution in [0.1, 0.15) is 11.1 Å². The van der Waals surface area contributed by atoms with Crippen molar-refractivity contribution >= 4 is 22.6 Å². The van der Waals surface area contributed by atoms with Crippen LogP contribution in [0, 0.1) is 5.82 Å². The molecule has 0 bridgehead atoms. The molecule has 20 heavy (non-hydrogen) atoms. The highest BCUT2D eigenvalue weighted by atomic mass is 35.5. The van der Waals surface area contributed by atoms with Gasteiger partial charge in [-0.15, -0.1) is 0 Å². The van der Waals surface area contributed by atoms with Crippen molar-refractivity contribution in [2.75, 3.05) is 0 Å². The van der Waals surface area contributed by atoms with Crippen molar-refractivity contribution in [2.24, 2.45) is 0 Å². The Kier molecular flexibility index (Phi) is 3.72. The molecule has 0 atom stereocenters. The van der Waals surface area contributed by atoms with Gasteiger partial charge in [0.2, 0.25) is 0 Å². The fourth-order valence-electron chi connectivity index (χ4n) is 2.21. The molecule has 102 valence electrons. The third kappa shape index (κ3) is 2.69. The molecule has 2 aromatic carbocycles. The Labute approximate surface area is 121 Å². The molecule has 1 aromatic heterocycles. The van der Waals surface area contributed by atoms with E-state index >= 15 is 0 Å². The maximum absolute atomic E-state index is 13.1. The van der Waals surface area contributed by atoms with Gasteiger partial charge < -0.3 is 9.73 Å². The van der Waals surface area contributed by atoms with Gasteiger partial charge in [0.15, 0.2) is 5.22 Å². The minimum Gasteiger partial charge on any atom is -0.444 e. The smallest absolute Gasteiger partial charge is 0.199 e. The lowest BCUT2D eigenvalue weighted by atomic mass is 10.1. The van der Waals surface area contributed by atoms with Gasteiger partial charge in [-0.25, -0.2) is 4.39 Å². The first-order chi connectivity index (χ1) is 9.74. The molecule has 0 spiro atoms. The van der Waals surface area contributed by atoms with Gasteiger partial charge in [0.1, 0.15) is 11.4 Å². The molecule has 0 saturated heterocycles. The number of nitrogens with one attached hydrogen (secondary N) is 1. The highest BCUT2D eigenvalue weighted by Crippen LogP contribution is 2.29. The van der Waals surface area contributed by atoms with E-state index in [0.717, 1.165) is 22.1 Å². The van der Waals surface area contributed by atoms with Crippen molar-refractivity contribution in [1.29, 1.82) is 0 Å². The lowest BCUT2D eigenvalue weighted by Crippen LogP contribution is -2.12. The van der Waals surface area contributed by atoms with Crippen LogP contribution >= 0.6 is 11.6 Å². The van der Waals surface area contributed by atoms with E-state index < -0.39 is 0 Å². The van der Waals surface area contributed by atoms with E-state index in [1.54, 1.807) is 6.07 Å². The summed E-state index contributed by atoms with van der Waals surface area (Å²) in [5.74, 6) is -0.226. The quantitative estimate of drug-likeness (QED) is 0.764. The van der Waals surface area contributed by atoms with Crippen LogP contribution in [-0.4, -0.2) is 0 Å². The van der Waals surface area contributed by atoms with Crippen LogP contribution < -0.4 is 5.32 Å². The second-order valence-corrected chi connectivity index (χ2v) is 4.93. The number of para-hydroxylation sites is 1. The molecule has 0 aliphatic rings. The summed E-state index contributed by atoms with van der Waals surface area (Å²) in [6.45, 7) is 1.15. The van der Waals surface area contributed by atoms with Gasteiger partial charge in [0.25, 0.3) is 0 Å². The van der Waals surface area contributed by atoms with Gasteiger partial charge in [0, 0.05) is 24.0 Å². The average molecular weight is 290 g/mol. The standard InChI is InChI=1S/C16H13ClFNO/c17-16-14(13-6-1-2-7-15(13)20-16)10-19-9-11-4-3-5-12(18)8-11/h1-8,19H,9-10H2. The van der Waals surface area contributed by atoms with E-state index in [1.807, 2.05) is 30.3 Å². The molecule has 2 nitrogen and oxygen atoms in total. The molecule has 0 amide bonds.